The first-order valence-electron chi connectivity index (χ1n) is 5.98. The monoisotopic (exact) mass is 220 g/mol. The Bertz CT molecular complexity index is 312. The summed E-state index contributed by atoms with van der Waals surface area (Å²) in [5, 5.41) is 0.102. The van der Waals surface area contributed by atoms with Crippen molar-refractivity contribution >= 4 is 10.2 Å². The molecule has 2 heteroatoms. The Morgan fingerprint density at radius 2 is 2.00 bits per heavy atom. The van der Waals surface area contributed by atoms with E-state index in [0.29, 0.717) is 0 Å². The van der Waals surface area contributed by atoms with Gasteiger partial charge in [-0.1, -0.05) is 31.2 Å². The highest BCUT2D eigenvalue weighted by Crippen LogP contribution is 2.31. The summed E-state index contributed by atoms with van der Waals surface area (Å²) < 4.78 is 5.99. The summed E-state index contributed by atoms with van der Waals surface area (Å²) in [4.78, 5) is 0. The van der Waals surface area contributed by atoms with Crippen molar-refractivity contribution in [3.63, 3.8) is 0 Å². The van der Waals surface area contributed by atoms with Crippen LogP contribution in [0.5, 0.6) is 0 Å². The van der Waals surface area contributed by atoms with Gasteiger partial charge in [0.2, 0.25) is 0 Å². The third-order valence-corrected chi connectivity index (χ3v) is 4.81. The van der Waals surface area contributed by atoms with Crippen LogP contribution in [-0.2, 0) is 16.4 Å². The van der Waals surface area contributed by atoms with E-state index in [1.165, 1.54) is 30.4 Å². The molecule has 1 heterocycles. The minimum absolute atomic E-state index is 0.102. The molecule has 0 aromatic heterocycles. The van der Waals surface area contributed by atoms with Gasteiger partial charge < -0.3 is 4.74 Å². The van der Waals surface area contributed by atoms with Gasteiger partial charge in [-0.2, -0.15) is 0 Å². The number of benzene rings is 1. The number of rotatable bonds is 2. The lowest BCUT2D eigenvalue weighted by Gasteiger charge is -2.34. The summed E-state index contributed by atoms with van der Waals surface area (Å²) in [7, 11) is 1.09. The highest BCUT2D eigenvalue weighted by Gasteiger charge is 2.29. The van der Waals surface area contributed by atoms with Gasteiger partial charge in [-0.05, 0) is 36.8 Å². The van der Waals surface area contributed by atoms with Gasteiger partial charge in [0.05, 0.1) is 5.22 Å². The fraction of sp³-hybridized carbons (Fsp3) is 0.538. The number of hydrogen-bond acceptors (Lipinski definition) is 1. The summed E-state index contributed by atoms with van der Waals surface area (Å²) in [6.45, 7) is 3.14. The van der Waals surface area contributed by atoms with Crippen LogP contribution in [0.3, 0.4) is 0 Å². The van der Waals surface area contributed by atoms with E-state index in [9.17, 15) is 0 Å². The Morgan fingerprint density at radius 1 is 1.27 bits per heavy atom. The first-order valence-corrected chi connectivity index (χ1v) is 6.98. The topological polar surface area (TPSA) is 9.23 Å². The zero-order valence-electron chi connectivity index (χ0n) is 9.75. The molecule has 0 aliphatic carbocycles. The van der Waals surface area contributed by atoms with Crippen molar-refractivity contribution in [2.45, 2.75) is 37.8 Å². The van der Waals surface area contributed by atoms with E-state index < -0.39 is 0 Å². The molecule has 1 fully saturated rings. The van der Waals surface area contributed by atoms with Crippen LogP contribution in [0.25, 0.3) is 0 Å². The summed E-state index contributed by atoms with van der Waals surface area (Å²) in [5.74, 6) is 0. The van der Waals surface area contributed by atoms with E-state index in [1.54, 1.807) is 0 Å². The zero-order valence-corrected chi connectivity index (χ0v) is 11.8. The third kappa shape index (κ3) is 2.32. The molecule has 0 spiro atoms. The minimum Gasteiger partial charge on any atom is -0.375 e. The highest BCUT2D eigenvalue weighted by molar-refractivity contribution is 6.14. The molecule has 0 bridgehead atoms. The van der Waals surface area contributed by atoms with Crippen LogP contribution in [0, 0.1) is 0 Å². The maximum atomic E-state index is 5.99. The zero-order chi connectivity index (χ0) is 10.7. The average Bonchev–Trinajstić information content (AvgIpc) is 2.30. The highest BCUT2D eigenvalue weighted by atomic mass is 28.1. The lowest BCUT2D eigenvalue weighted by molar-refractivity contribution is -0.0210. The molecule has 15 heavy (non-hydrogen) atoms. The first kappa shape index (κ1) is 10.9. The van der Waals surface area contributed by atoms with Gasteiger partial charge in [-0.25, -0.2) is 0 Å². The van der Waals surface area contributed by atoms with Gasteiger partial charge in [-0.3, -0.25) is 0 Å². The number of aryl methyl sites for hydroxylation is 1. The third-order valence-electron chi connectivity index (χ3n) is 3.44. The van der Waals surface area contributed by atoms with Gasteiger partial charge in [0.1, 0.15) is 0 Å². The molecule has 0 saturated carbocycles. The van der Waals surface area contributed by atoms with Crippen LogP contribution < -0.4 is 0 Å². The van der Waals surface area contributed by atoms with Gasteiger partial charge in [0, 0.05) is 16.8 Å². The maximum Gasteiger partial charge on any atom is 0.0723 e. The van der Waals surface area contributed by atoms with Crippen molar-refractivity contribution in [2.75, 3.05) is 6.61 Å². The van der Waals surface area contributed by atoms with E-state index in [0.717, 1.165) is 23.3 Å². The Hall–Kier alpha value is -0.603. The molecule has 1 nitrogen and oxygen atoms in total. The fourth-order valence-electron chi connectivity index (χ4n) is 2.25. The van der Waals surface area contributed by atoms with Gasteiger partial charge in [0.15, 0.2) is 0 Å². The van der Waals surface area contributed by atoms with E-state index >= 15 is 0 Å². The quantitative estimate of drug-likeness (QED) is 0.692. The van der Waals surface area contributed by atoms with Gasteiger partial charge in [0.25, 0.3) is 0 Å². The Labute approximate surface area is 95.3 Å². The summed E-state index contributed by atoms with van der Waals surface area (Å²) in [6.07, 6.45) is 4.88. The second-order valence-corrected chi connectivity index (χ2v) is 6.20. The minimum atomic E-state index is 0.102. The first-order chi connectivity index (χ1) is 7.24. The van der Waals surface area contributed by atoms with E-state index in [-0.39, 0.29) is 5.22 Å². The van der Waals surface area contributed by atoms with Crippen LogP contribution in [0.2, 0.25) is 0 Å². The number of hydrogen-bond donors (Lipinski definition) is 0. The predicted molar refractivity (Wildman–Crippen MR) is 67.2 cm³/mol. The average molecular weight is 220 g/mol. The van der Waals surface area contributed by atoms with Crippen LogP contribution in [0.1, 0.15) is 37.3 Å². The van der Waals surface area contributed by atoms with Crippen molar-refractivity contribution in [3.05, 3.63) is 35.4 Å². The lowest BCUT2D eigenvalue weighted by Crippen LogP contribution is -2.33. The molecule has 0 amide bonds. The van der Waals surface area contributed by atoms with Gasteiger partial charge in [-0.15, -0.1) is 0 Å². The molecule has 1 aromatic rings. The summed E-state index contributed by atoms with van der Waals surface area (Å²) in [6, 6.07) is 9.01. The van der Waals surface area contributed by atoms with Crippen LogP contribution in [0.4, 0.5) is 0 Å². The molecule has 1 aliphatic heterocycles. The van der Waals surface area contributed by atoms with Crippen molar-refractivity contribution < 1.29 is 4.74 Å². The lowest BCUT2D eigenvalue weighted by atomic mass is 9.99. The molecule has 0 N–H and O–H groups in total. The molecular weight excluding hydrogens is 200 g/mol. The van der Waals surface area contributed by atoms with Crippen molar-refractivity contribution in [2.24, 2.45) is 0 Å². The normalized spacial score (nSPS) is 26.7. The van der Waals surface area contributed by atoms with Crippen LogP contribution >= 0.6 is 0 Å². The molecule has 1 aliphatic rings. The molecule has 1 unspecified atom stereocenters. The predicted octanol–water partition coefficient (Wildman–Crippen LogP) is 1.97. The molecule has 2 rings (SSSR count). The second-order valence-electron chi connectivity index (χ2n) is 4.59. The standard InChI is InChI=1S/C13H20OSi/c1-2-11-5-7-12(8-6-11)13(15)9-3-4-10-14-13/h5-8H,2-4,9-10H2,1,15H3. The molecular formula is C13H20OSi. The number of ether oxygens (including phenoxy) is 1. The fourth-order valence-corrected chi connectivity index (χ4v) is 3.15. The summed E-state index contributed by atoms with van der Waals surface area (Å²) in [5.41, 5.74) is 2.81. The SMILES string of the molecule is CCc1ccc(C2([SiH3])CCCCO2)cc1. The molecule has 1 saturated heterocycles. The van der Waals surface area contributed by atoms with Crippen molar-refractivity contribution in [1.82, 2.24) is 0 Å². The molecule has 1 atom stereocenters. The molecule has 82 valence electrons. The largest absolute Gasteiger partial charge is 0.375 e. The van der Waals surface area contributed by atoms with Crippen molar-refractivity contribution in [1.29, 1.82) is 0 Å². The second kappa shape index (κ2) is 4.50. The van der Waals surface area contributed by atoms with E-state index in [2.05, 4.69) is 31.2 Å². The smallest absolute Gasteiger partial charge is 0.0723 e. The van der Waals surface area contributed by atoms with E-state index in [4.69, 9.17) is 4.74 Å². The molecule has 1 aromatic carbocycles. The maximum absolute atomic E-state index is 5.99. The van der Waals surface area contributed by atoms with Crippen molar-refractivity contribution in [3.8, 4) is 0 Å². The van der Waals surface area contributed by atoms with Crippen LogP contribution in [0.15, 0.2) is 24.3 Å². The Balaban J connectivity index is 2.20. The Morgan fingerprint density at radius 3 is 2.53 bits per heavy atom. The van der Waals surface area contributed by atoms with Crippen LogP contribution in [-0.4, -0.2) is 16.8 Å². The Kier molecular flexibility index (Phi) is 3.27. The van der Waals surface area contributed by atoms with Gasteiger partial charge >= 0.3 is 0 Å². The molecule has 0 radical (unpaired) electrons. The summed E-state index contributed by atoms with van der Waals surface area (Å²) >= 11 is 0. The van der Waals surface area contributed by atoms with E-state index in [1.807, 2.05) is 0 Å².